The number of carbonyl (C=O) groups is 1. The van der Waals surface area contributed by atoms with Gasteiger partial charge in [0.05, 0.1) is 30.6 Å². The van der Waals surface area contributed by atoms with Gasteiger partial charge in [0.25, 0.3) is 12.3 Å². The van der Waals surface area contributed by atoms with Gasteiger partial charge in [-0.15, -0.1) is 10.2 Å². The van der Waals surface area contributed by atoms with Crippen LogP contribution in [0, 0.1) is 17.8 Å². The lowest BCUT2D eigenvalue weighted by Crippen LogP contribution is -2.32. The van der Waals surface area contributed by atoms with Crippen molar-refractivity contribution in [2.24, 2.45) is 16.6 Å². The Morgan fingerprint density at radius 3 is 2.67 bits per heavy atom. The highest BCUT2D eigenvalue weighted by atomic mass is 32.1. The van der Waals surface area contributed by atoms with Gasteiger partial charge in [-0.3, -0.25) is 25.1 Å². The molecule has 0 unspecified atom stereocenters. The minimum Gasteiger partial charge on any atom is -0.494 e. The summed E-state index contributed by atoms with van der Waals surface area (Å²) in [5, 5.41) is 11.5. The Labute approximate surface area is 246 Å². The Morgan fingerprint density at radius 1 is 1.19 bits per heavy atom. The minimum atomic E-state index is -2.83. The second-order valence-corrected chi connectivity index (χ2v) is 11.0. The van der Waals surface area contributed by atoms with E-state index in [0.29, 0.717) is 27.8 Å². The van der Waals surface area contributed by atoms with Crippen molar-refractivity contribution in [3.8, 4) is 28.7 Å². The molecule has 0 radical (unpaired) electrons. The molecule has 13 heteroatoms. The molecule has 3 aromatic rings. The number of pyridine rings is 2. The molecule has 2 fully saturated rings. The SMILES string of the molecule is COc1cnc(C(F)F)cc1-c1cc(/C(C=NC2CCN(C)CC2)=C/N)ncc1C(=O)Nc1nnc(C#CC2CC2)s1. The second kappa shape index (κ2) is 13.1. The summed E-state index contributed by atoms with van der Waals surface area (Å²) in [6.45, 7) is 1.90. The number of nitrogens with two attached hydrogens (primary N) is 1. The lowest BCUT2D eigenvalue weighted by atomic mass is 9.97. The molecule has 3 N–H and O–H groups in total. The lowest BCUT2D eigenvalue weighted by molar-refractivity contribution is 0.102. The van der Waals surface area contributed by atoms with Crippen molar-refractivity contribution in [1.29, 1.82) is 0 Å². The van der Waals surface area contributed by atoms with Gasteiger partial charge >= 0.3 is 0 Å². The Bertz CT molecular complexity index is 1570. The molecule has 0 bridgehead atoms. The fraction of sp³-hybridized carbons (Fsp3) is 0.379. The Kier molecular flexibility index (Phi) is 9.14. The van der Waals surface area contributed by atoms with Crippen LogP contribution in [0.5, 0.6) is 5.75 Å². The molecule has 1 saturated heterocycles. The van der Waals surface area contributed by atoms with Crippen LogP contribution >= 0.6 is 11.3 Å². The van der Waals surface area contributed by atoms with Gasteiger partial charge in [0.15, 0.2) is 5.01 Å². The van der Waals surface area contributed by atoms with Crippen LogP contribution < -0.4 is 15.8 Å². The zero-order chi connectivity index (χ0) is 29.6. The average molecular weight is 593 g/mol. The molecule has 2 aliphatic rings. The van der Waals surface area contributed by atoms with E-state index in [-0.39, 0.29) is 28.0 Å². The van der Waals surface area contributed by atoms with E-state index in [4.69, 9.17) is 15.5 Å². The van der Waals surface area contributed by atoms with Crippen LogP contribution in [0.2, 0.25) is 0 Å². The highest BCUT2D eigenvalue weighted by Gasteiger charge is 2.23. The van der Waals surface area contributed by atoms with Crippen molar-refractivity contribution in [1.82, 2.24) is 25.1 Å². The van der Waals surface area contributed by atoms with Crippen molar-refractivity contribution >= 4 is 34.2 Å². The molecule has 4 heterocycles. The molecule has 1 aliphatic heterocycles. The molecule has 0 spiro atoms. The van der Waals surface area contributed by atoms with Crippen LogP contribution in [0.25, 0.3) is 16.7 Å². The zero-order valence-electron chi connectivity index (χ0n) is 23.2. The smallest absolute Gasteiger partial charge is 0.280 e. The number of aliphatic imine (C=N–C) groups is 1. The number of aromatic nitrogens is 4. The third-order valence-corrected chi connectivity index (χ3v) is 7.72. The van der Waals surface area contributed by atoms with E-state index in [0.717, 1.165) is 50.1 Å². The number of nitrogens with zero attached hydrogens (tertiary/aromatic N) is 6. The fourth-order valence-corrected chi connectivity index (χ4v) is 4.97. The maximum Gasteiger partial charge on any atom is 0.280 e. The van der Waals surface area contributed by atoms with Gasteiger partial charge in [0, 0.05) is 41.2 Å². The number of carbonyl (C=O) groups excluding carboxylic acids is 1. The summed E-state index contributed by atoms with van der Waals surface area (Å²) in [4.78, 5) is 28.7. The first-order valence-electron chi connectivity index (χ1n) is 13.5. The first-order valence-corrected chi connectivity index (χ1v) is 14.3. The number of nitrogens with one attached hydrogen (secondary N) is 1. The molecule has 1 saturated carbocycles. The Hall–Kier alpha value is -4.28. The first kappa shape index (κ1) is 29.2. The van der Waals surface area contributed by atoms with Gasteiger partial charge in [-0.1, -0.05) is 17.3 Å². The number of hydrogen-bond acceptors (Lipinski definition) is 10. The molecule has 5 rings (SSSR count). The van der Waals surface area contributed by atoms with E-state index in [1.807, 2.05) is 0 Å². The quantitative estimate of drug-likeness (QED) is 0.290. The molecule has 42 heavy (non-hydrogen) atoms. The topological polar surface area (TPSA) is 132 Å². The summed E-state index contributed by atoms with van der Waals surface area (Å²) in [7, 11) is 3.48. The van der Waals surface area contributed by atoms with Crippen LogP contribution in [0.3, 0.4) is 0 Å². The van der Waals surface area contributed by atoms with Crippen LogP contribution in [0.15, 0.2) is 35.7 Å². The number of piperidine rings is 1. The lowest BCUT2D eigenvalue weighted by Gasteiger charge is -2.26. The molecule has 1 aliphatic carbocycles. The van der Waals surface area contributed by atoms with Gasteiger partial charge < -0.3 is 15.4 Å². The number of anilines is 1. The highest BCUT2D eigenvalue weighted by Crippen LogP contribution is 2.36. The summed E-state index contributed by atoms with van der Waals surface area (Å²) in [6.07, 6.45) is 6.80. The van der Waals surface area contributed by atoms with Crippen molar-refractivity contribution < 1.29 is 18.3 Å². The number of amides is 1. The van der Waals surface area contributed by atoms with Gasteiger partial charge in [-0.05, 0) is 63.9 Å². The number of halogens is 2. The predicted molar refractivity (Wildman–Crippen MR) is 158 cm³/mol. The summed E-state index contributed by atoms with van der Waals surface area (Å²) in [6, 6.07) is 2.96. The van der Waals surface area contributed by atoms with Crippen LogP contribution in [0.4, 0.5) is 13.9 Å². The molecule has 3 aromatic heterocycles. The monoisotopic (exact) mass is 592 g/mol. The number of methoxy groups -OCH3 is 1. The standard InChI is InChI=1S/C29H30F2N8O2S/c1-39-9-7-19(8-10-39)33-14-18(13-32)23-11-20(21-12-24(27(30)31)35-16-25(21)41-2)22(15-34-23)28(40)36-29-38-37-26(42-29)6-5-17-3-4-17/h11-17,19,27H,3-4,7-10,32H2,1-2H3,(H,36,38,40)/b18-13+,33-14?. The van der Waals surface area contributed by atoms with E-state index in [2.05, 4.69) is 49.3 Å². The van der Waals surface area contributed by atoms with Gasteiger partial charge in [-0.25, -0.2) is 8.78 Å². The Morgan fingerprint density at radius 2 is 1.98 bits per heavy atom. The molecular formula is C29H30F2N8O2S. The molecule has 0 atom stereocenters. The zero-order valence-corrected chi connectivity index (χ0v) is 24.0. The van der Waals surface area contributed by atoms with E-state index in [1.54, 1.807) is 12.3 Å². The molecule has 10 nitrogen and oxygen atoms in total. The van der Waals surface area contributed by atoms with E-state index < -0.39 is 18.0 Å². The molecule has 0 aromatic carbocycles. The summed E-state index contributed by atoms with van der Waals surface area (Å²) in [5.74, 6) is 6.13. The van der Waals surface area contributed by atoms with Crippen molar-refractivity contribution in [2.75, 3.05) is 32.6 Å². The van der Waals surface area contributed by atoms with E-state index in [9.17, 15) is 13.6 Å². The first-order chi connectivity index (χ1) is 20.3. The van der Waals surface area contributed by atoms with Crippen LogP contribution in [-0.2, 0) is 0 Å². The maximum atomic E-state index is 13.7. The third kappa shape index (κ3) is 7.13. The second-order valence-electron chi connectivity index (χ2n) is 10.1. The molecular weight excluding hydrogens is 562 g/mol. The summed E-state index contributed by atoms with van der Waals surface area (Å²) < 4.78 is 32.8. The van der Waals surface area contributed by atoms with Gasteiger partial charge in [-0.2, -0.15) is 0 Å². The number of hydrogen-bond donors (Lipinski definition) is 2. The number of allylic oxidation sites excluding steroid dienone is 1. The number of rotatable bonds is 8. The van der Waals surface area contributed by atoms with Crippen molar-refractivity contribution in [3.63, 3.8) is 0 Å². The van der Waals surface area contributed by atoms with Crippen LogP contribution in [-0.4, -0.2) is 70.5 Å². The molecule has 218 valence electrons. The summed E-state index contributed by atoms with van der Waals surface area (Å²) >= 11 is 1.15. The predicted octanol–water partition coefficient (Wildman–Crippen LogP) is 4.42. The van der Waals surface area contributed by atoms with Crippen molar-refractivity contribution in [3.05, 3.63) is 52.7 Å². The largest absolute Gasteiger partial charge is 0.494 e. The number of alkyl halides is 2. The fourth-order valence-electron chi connectivity index (χ4n) is 4.37. The average Bonchev–Trinajstić information content (AvgIpc) is 3.73. The Balaban J connectivity index is 1.50. The number of likely N-dealkylation sites (tertiary alicyclic amines) is 1. The van der Waals surface area contributed by atoms with Crippen LogP contribution in [0.1, 0.15) is 58.9 Å². The summed E-state index contributed by atoms with van der Waals surface area (Å²) in [5.41, 5.74) is 7.07. The van der Waals surface area contributed by atoms with Gasteiger partial charge in [0.1, 0.15) is 11.4 Å². The third-order valence-electron chi connectivity index (χ3n) is 6.96. The van der Waals surface area contributed by atoms with E-state index in [1.165, 1.54) is 31.8 Å². The highest BCUT2D eigenvalue weighted by molar-refractivity contribution is 7.15. The minimum absolute atomic E-state index is 0.105. The van der Waals surface area contributed by atoms with Gasteiger partial charge in [0.2, 0.25) is 5.13 Å². The molecule has 1 amide bonds. The number of ether oxygens (including phenoxy) is 1. The van der Waals surface area contributed by atoms with Crippen molar-refractivity contribution in [2.45, 2.75) is 38.2 Å². The maximum absolute atomic E-state index is 13.7. The van der Waals surface area contributed by atoms with E-state index >= 15 is 0 Å². The normalized spacial score (nSPS) is 16.5.